The van der Waals surface area contributed by atoms with Gasteiger partial charge in [0.05, 0.1) is 18.2 Å². The van der Waals surface area contributed by atoms with Crippen molar-refractivity contribution >= 4 is 16.9 Å². The molecule has 3 rings (SSSR count). The van der Waals surface area contributed by atoms with Gasteiger partial charge in [0.25, 0.3) is 5.91 Å². The number of para-hydroxylation sites is 1. The number of ether oxygens (including phenoxy) is 1. The molecule has 0 unspecified atom stereocenters. The van der Waals surface area contributed by atoms with Gasteiger partial charge in [-0.1, -0.05) is 19.9 Å². The maximum atomic E-state index is 12.5. The van der Waals surface area contributed by atoms with E-state index < -0.39 is 0 Å². The maximum absolute atomic E-state index is 12.5. The van der Waals surface area contributed by atoms with Crippen molar-refractivity contribution in [2.75, 3.05) is 33.3 Å². The molecule has 0 aliphatic heterocycles. The molecule has 0 radical (unpaired) electrons. The number of hydrogen-bond acceptors (Lipinski definition) is 5. The molecule has 0 saturated carbocycles. The number of amides is 1. The van der Waals surface area contributed by atoms with Crippen molar-refractivity contribution in [2.45, 2.75) is 20.3 Å². The molecule has 0 saturated heterocycles. The summed E-state index contributed by atoms with van der Waals surface area (Å²) in [6.45, 7) is 7.90. The molecule has 1 heterocycles. The van der Waals surface area contributed by atoms with Crippen molar-refractivity contribution in [3.8, 4) is 22.9 Å². The number of aromatic amines is 1. The Labute approximate surface area is 170 Å². The zero-order valence-electron chi connectivity index (χ0n) is 17.2. The summed E-state index contributed by atoms with van der Waals surface area (Å²) in [5.74, 6) is 1.13. The lowest BCUT2D eigenvalue weighted by Gasteiger charge is -2.17. The first-order chi connectivity index (χ1) is 14.1. The number of rotatable bonds is 9. The van der Waals surface area contributed by atoms with Crippen molar-refractivity contribution in [3.05, 3.63) is 42.0 Å². The molecule has 0 aliphatic rings. The Morgan fingerprint density at radius 3 is 2.72 bits per heavy atom. The van der Waals surface area contributed by atoms with Gasteiger partial charge in [0.2, 0.25) is 0 Å². The van der Waals surface area contributed by atoms with Crippen LogP contribution in [0, 0.1) is 0 Å². The predicted octanol–water partition coefficient (Wildman–Crippen LogP) is 3.41. The predicted molar refractivity (Wildman–Crippen MR) is 114 cm³/mol. The summed E-state index contributed by atoms with van der Waals surface area (Å²) in [6.07, 6.45) is 0.908. The third kappa shape index (κ3) is 4.68. The van der Waals surface area contributed by atoms with Crippen LogP contribution in [-0.2, 0) is 0 Å². The molecule has 7 nitrogen and oxygen atoms in total. The van der Waals surface area contributed by atoms with Crippen molar-refractivity contribution in [2.24, 2.45) is 0 Å². The summed E-state index contributed by atoms with van der Waals surface area (Å²) in [6, 6.07) is 10.4. The lowest BCUT2D eigenvalue weighted by molar-refractivity contribution is 0.0951. The van der Waals surface area contributed by atoms with Gasteiger partial charge in [0, 0.05) is 12.1 Å². The molecule has 0 atom stereocenters. The Morgan fingerprint density at radius 2 is 2.03 bits per heavy atom. The Hall–Kier alpha value is -3.06. The van der Waals surface area contributed by atoms with Gasteiger partial charge in [0.1, 0.15) is 22.8 Å². The molecule has 1 amide bonds. The topological polar surface area (TPSA) is 90.5 Å². The number of H-pyrrole nitrogens is 1. The number of nitrogens with one attached hydrogen (secondary N) is 2. The first-order valence-corrected chi connectivity index (χ1v) is 9.94. The van der Waals surface area contributed by atoms with Crippen molar-refractivity contribution in [1.29, 1.82) is 0 Å². The number of fused-ring (bicyclic) bond motifs is 1. The summed E-state index contributed by atoms with van der Waals surface area (Å²) < 4.78 is 5.49. The number of carbonyl (C=O) groups excluding carboxylic acids is 1. The number of carbonyl (C=O) groups is 1. The van der Waals surface area contributed by atoms with E-state index in [2.05, 4.69) is 34.0 Å². The second-order valence-electron chi connectivity index (χ2n) is 6.81. The summed E-state index contributed by atoms with van der Waals surface area (Å²) in [5, 5.41) is 12.9. The zero-order valence-corrected chi connectivity index (χ0v) is 17.2. The number of aromatic hydroxyl groups is 1. The molecule has 7 heteroatoms. The van der Waals surface area contributed by atoms with Crippen LogP contribution in [0.1, 0.15) is 30.6 Å². The van der Waals surface area contributed by atoms with E-state index in [9.17, 15) is 9.90 Å². The van der Waals surface area contributed by atoms with Crippen LogP contribution < -0.4 is 10.1 Å². The highest BCUT2D eigenvalue weighted by Gasteiger charge is 2.15. The number of aromatic nitrogens is 2. The molecule has 3 aromatic rings. The lowest BCUT2D eigenvalue weighted by atomic mass is 10.1. The molecular weight excluding hydrogens is 368 g/mol. The van der Waals surface area contributed by atoms with Gasteiger partial charge in [0.15, 0.2) is 0 Å². The number of hydrogen-bond donors (Lipinski definition) is 3. The summed E-state index contributed by atoms with van der Waals surface area (Å²) >= 11 is 0. The van der Waals surface area contributed by atoms with Crippen molar-refractivity contribution < 1.29 is 14.6 Å². The fourth-order valence-electron chi connectivity index (χ4n) is 3.32. The minimum Gasteiger partial charge on any atom is -0.506 e. The third-order valence-electron chi connectivity index (χ3n) is 5.05. The zero-order chi connectivity index (χ0) is 20.8. The second kappa shape index (κ2) is 9.43. The molecule has 2 aromatic carbocycles. The quantitative estimate of drug-likeness (QED) is 0.482. The minimum absolute atomic E-state index is 0.128. The number of imidazole rings is 1. The van der Waals surface area contributed by atoms with Gasteiger partial charge in [-0.15, -0.1) is 0 Å². The van der Waals surface area contributed by atoms with Gasteiger partial charge >= 0.3 is 0 Å². The van der Waals surface area contributed by atoms with Crippen LogP contribution in [0.15, 0.2) is 36.4 Å². The highest BCUT2D eigenvalue weighted by molar-refractivity contribution is 5.95. The van der Waals surface area contributed by atoms with E-state index >= 15 is 0 Å². The van der Waals surface area contributed by atoms with Crippen LogP contribution in [-0.4, -0.2) is 59.2 Å². The Morgan fingerprint density at radius 1 is 1.24 bits per heavy atom. The van der Waals surface area contributed by atoms with E-state index in [-0.39, 0.29) is 11.7 Å². The number of methoxy groups -OCH3 is 1. The minimum atomic E-state index is -0.128. The van der Waals surface area contributed by atoms with Gasteiger partial charge in [-0.05, 0) is 56.4 Å². The smallest absolute Gasteiger partial charge is 0.251 e. The molecule has 0 spiro atoms. The summed E-state index contributed by atoms with van der Waals surface area (Å²) in [7, 11) is 1.56. The van der Waals surface area contributed by atoms with Crippen molar-refractivity contribution in [1.82, 2.24) is 20.2 Å². The van der Waals surface area contributed by atoms with Crippen LogP contribution in [0.2, 0.25) is 0 Å². The first kappa shape index (κ1) is 20.7. The molecule has 1 aromatic heterocycles. The standard InChI is InChI=1S/C22H28N4O3/c1-4-26(5-2)13-7-12-23-22(28)15-10-11-16(19(14-15)29-3)21-24-17-8-6-9-18(27)20(17)25-21/h6,8-11,14,27H,4-5,7,12-13H2,1-3H3,(H,23,28)(H,24,25). The first-order valence-electron chi connectivity index (χ1n) is 9.94. The van der Waals surface area contributed by atoms with Gasteiger partial charge in [-0.2, -0.15) is 0 Å². The Bertz CT molecular complexity index is 979. The van der Waals surface area contributed by atoms with Crippen LogP contribution in [0.25, 0.3) is 22.4 Å². The SMILES string of the molecule is CCN(CC)CCCNC(=O)c1ccc(-c2nc3cccc(O)c3[nH]2)c(OC)c1. The molecule has 0 aliphatic carbocycles. The second-order valence-corrected chi connectivity index (χ2v) is 6.81. The molecule has 0 fully saturated rings. The molecule has 154 valence electrons. The van der Waals surface area contributed by atoms with Crippen molar-refractivity contribution in [3.63, 3.8) is 0 Å². The van der Waals surface area contributed by atoms with E-state index in [0.29, 0.717) is 34.7 Å². The van der Waals surface area contributed by atoms with Gasteiger partial charge < -0.3 is 25.0 Å². The third-order valence-corrected chi connectivity index (χ3v) is 5.05. The molecule has 29 heavy (non-hydrogen) atoms. The maximum Gasteiger partial charge on any atom is 0.251 e. The Balaban J connectivity index is 1.72. The van der Waals surface area contributed by atoms with E-state index in [1.807, 2.05) is 6.07 Å². The normalized spacial score (nSPS) is 11.2. The Kier molecular flexibility index (Phi) is 6.72. The average Bonchev–Trinajstić information content (AvgIpc) is 3.18. The monoisotopic (exact) mass is 396 g/mol. The summed E-state index contributed by atoms with van der Waals surface area (Å²) in [5.41, 5.74) is 2.49. The van der Waals surface area contributed by atoms with E-state index in [0.717, 1.165) is 31.6 Å². The van der Waals surface area contributed by atoms with Crippen LogP contribution in [0.4, 0.5) is 0 Å². The number of nitrogens with zero attached hydrogens (tertiary/aromatic N) is 2. The van der Waals surface area contributed by atoms with Crippen LogP contribution in [0.3, 0.4) is 0 Å². The van der Waals surface area contributed by atoms with Crippen LogP contribution in [0.5, 0.6) is 11.5 Å². The fourth-order valence-corrected chi connectivity index (χ4v) is 3.32. The van der Waals surface area contributed by atoms with E-state index in [1.54, 1.807) is 37.4 Å². The highest BCUT2D eigenvalue weighted by atomic mass is 16.5. The van der Waals surface area contributed by atoms with Gasteiger partial charge in [-0.3, -0.25) is 4.79 Å². The summed E-state index contributed by atoms with van der Waals surface area (Å²) in [4.78, 5) is 22.5. The van der Waals surface area contributed by atoms with E-state index in [1.165, 1.54) is 0 Å². The number of benzene rings is 2. The average molecular weight is 396 g/mol. The number of phenolic OH excluding ortho intramolecular Hbond substituents is 1. The fraction of sp³-hybridized carbons (Fsp3) is 0.364. The lowest BCUT2D eigenvalue weighted by Crippen LogP contribution is -2.29. The molecule has 3 N–H and O–H groups in total. The largest absolute Gasteiger partial charge is 0.506 e. The molecule has 0 bridgehead atoms. The highest BCUT2D eigenvalue weighted by Crippen LogP contribution is 2.32. The van der Waals surface area contributed by atoms with E-state index in [4.69, 9.17) is 4.74 Å². The van der Waals surface area contributed by atoms with Gasteiger partial charge in [-0.25, -0.2) is 4.98 Å². The number of phenols is 1. The molecular formula is C22H28N4O3. The van der Waals surface area contributed by atoms with Crippen LogP contribution >= 0.6 is 0 Å².